The van der Waals surface area contributed by atoms with E-state index < -0.39 is 0 Å². The molecule has 1 amide bonds. The standard InChI is InChI=1S/C19H17N3O/c1-21-12-16-9-15(7-8-18(16)19(21)23)17-10-20-22(13-17)11-14-5-3-2-4-6-14/h2-10,13H,11-12H2,1H3. The van der Waals surface area contributed by atoms with E-state index in [1.54, 1.807) is 4.90 Å². The zero-order chi connectivity index (χ0) is 15.8. The highest BCUT2D eigenvalue weighted by atomic mass is 16.2. The summed E-state index contributed by atoms with van der Waals surface area (Å²) in [5.74, 6) is 0.103. The van der Waals surface area contributed by atoms with Crippen molar-refractivity contribution in [3.63, 3.8) is 0 Å². The molecule has 0 saturated carbocycles. The van der Waals surface area contributed by atoms with E-state index in [2.05, 4.69) is 29.5 Å². The van der Waals surface area contributed by atoms with Crippen LogP contribution >= 0.6 is 0 Å². The van der Waals surface area contributed by atoms with E-state index in [1.807, 2.05) is 48.3 Å². The first-order valence-electron chi connectivity index (χ1n) is 7.66. The van der Waals surface area contributed by atoms with Crippen molar-refractivity contribution in [2.24, 2.45) is 0 Å². The van der Waals surface area contributed by atoms with Crippen LogP contribution in [0.1, 0.15) is 21.5 Å². The number of rotatable bonds is 3. The third-order valence-corrected chi connectivity index (χ3v) is 4.24. The van der Waals surface area contributed by atoms with Crippen molar-refractivity contribution < 1.29 is 4.79 Å². The summed E-state index contributed by atoms with van der Waals surface area (Å²) in [6.07, 6.45) is 3.93. The molecule has 4 rings (SSSR count). The average Bonchev–Trinajstić information content (AvgIpc) is 3.14. The topological polar surface area (TPSA) is 38.1 Å². The molecule has 0 aliphatic carbocycles. The van der Waals surface area contributed by atoms with Crippen LogP contribution in [0.25, 0.3) is 11.1 Å². The lowest BCUT2D eigenvalue weighted by molar-refractivity contribution is 0.0816. The van der Waals surface area contributed by atoms with Gasteiger partial charge in [-0.25, -0.2) is 0 Å². The highest BCUT2D eigenvalue weighted by Crippen LogP contribution is 2.27. The summed E-state index contributed by atoms with van der Waals surface area (Å²) in [6.45, 7) is 1.44. The van der Waals surface area contributed by atoms with E-state index in [4.69, 9.17) is 0 Å². The van der Waals surface area contributed by atoms with Gasteiger partial charge in [0.25, 0.3) is 5.91 Å². The lowest BCUT2D eigenvalue weighted by atomic mass is 10.0. The Morgan fingerprint density at radius 2 is 1.91 bits per heavy atom. The third kappa shape index (κ3) is 2.52. The molecule has 0 atom stereocenters. The Kier molecular flexibility index (Phi) is 3.23. The number of nitrogens with zero attached hydrogens (tertiary/aromatic N) is 3. The van der Waals surface area contributed by atoms with E-state index in [0.717, 1.165) is 28.8 Å². The molecular formula is C19H17N3O. The van der Waals surface area contributed by atoms with Gasteiger partial charge in [0.15, 0.2) is 0 Å². The van der Waals surface area contributed by atoms with Gasteiger partial charge in [-0.15, -0.1) is 0 Å². The van der Waals surface area contributed by atoms with Gasteiger partial charge in [0.2, 0.25) is 0 Å². The highest BCUT2D eigenvalue weighted by Gasteiger charge is 2.24. The molecule has 0 fully saturated rings. The molecule has 1 aromatic heterocycles. The summed E-state index contributed by atoms with van der Waals surface area (Å²) in [6, 6.07) is 16.3. The largest absolute Gasteiger partial charge is 0.337 e. The van der Waals surface area contributed by atoms with Crippen molar-refractivity contribution in [1.82, 2.24) is 14.7 Å². The van der Waals surface area contributed by atoms with Gasteiger partial charge in [-0.1, -0.05) is 36.4 Å². The summed E-state index contributed by atoms with van der Waals surface area (Å²) in [5, 5.41) is 4.45. The summed E-state index contributed by atoms with van der Waals surface area (Å²) in [7, 11) is 1.83. The molecule has 0 unspecified atom stereocenters. The van der Waals surface area contributed by atoms with Gasteiger partial charge in [-0.05, 0) is 28.8 Å². The Labute approximate surface area is 135 Å². The third-order valence-electron chi connectivity index (χ3n) is 4.24. The van der Waals surface area contributed by atoms with Crippen LogP contribution in [0.2, 0.25) is 0 Å². The van der Waals surface area contributed by atoms with E-state index in [1.165, 1.54) is 5.56 Å². The Morgan fingerprint density at radius 1 is 1.09 bits per heavy atom. The van der Waals surface area contributed by atoms with Crippen LogP contribution < -0.4 is 0 Å². The number of benzene rings is 2. The van der Waals surface area contributed by atoms with Crippen LogP contribution in [0.5, 0.6) is 0 Å². The second-order valence-corrected chi connectivity index (χ2v) is 5.95. The molecule has 23 heavy (non-hydrogen) atoms. The van der Waals surface area contributed by atoms with Crippen LogP contribution in [-0.2, 0) is 13.1 Å². The van der Waals surface area contributed by atoms with Crippen molar-refractivity contribution in [2.75, 3.05) is 7.05 Å². The number of amides is 1. The number of carbonyl (C=O) groups is 1. The fraction of sp³-hybridized carbons (Fsp3) is 0.158. The van der Waals surface area contributed by atoms with Crippen LogP contribution in [-0.4, -0.2) is 27.6 Å². The molecule has 0 bridgehead atoms. The maximum absolute atomic E-state index is 12.0. The van der Waals surface area contributed by atoms with Crippen molar-refractivity contribution in [3.8, 4) is 11.1 Å². The Balaban J connectivity index is 1.60. The molecule has 4 nitrogen and oxygen atoms in total. The van der Waals surface area contributed by atoms with E-state index in [0.29, 0.717) is 6.54 Å². The van der Waals surface area contributed by atoms with Crippen molar-refractivity contribution in [2.45, 2.75) is 13.1 Å². The molecule has 1 aliphatic heterocycles. The van der Waals surface area contributed by atoms with Gasteiger partial charge in [-0.2, -0.15) is 5.10 Å². The fourth-order valence-electron chi connectivity index (χ4n) is 3.02. The monoisotopic (exact) mass is 303 g/mol. The van der Waals surface area contributed by atoms with Gasteiger partial charge >= 0.3 is 0 Å². The Morgan fingerprint density at radius 3 is 2.74 bits per heavy atom. The zero-order valence-corrected chi connectivity index (χ0v) is 12.9. The number of carbonyl (C=O) groups excluding carboxylic acids is 1. The summed E-state index contributed by atoms with van der Waals surface area (Å²) in [5.41, 5.74) is 5.30. The quantitative estimate of drug-likeness (QED) is 0.745. The van der Waals surface area contributed by atoms with Crippen LogP contribution in [0, 0.1) is 0 Å². The number of aromatic nitrogens is 2. The first-order chi connectivity index (χ1) is 11.2. The molecule has 3 aromatic rings. The molecule has 0 spiro atoms. The van der Waals surface area contributed by atoms with Crippen molar-refractivity contribution >= 4 is 5.91 Å². The minimum atomic E-state index is 0.103. The SMILES string of the molecule is CN1Cc2cc(-c3cnn(Cc4ccccc4)c3)ccc2C1=O. The molecule has 114 valence electrons. The first kappa shape index (κ1) is 13.8. The van der Waals surface area contributed by atoms with Gasteiger partial charge in [-0.3, -0.25) is 9.48 Å². The summed E-state index contributed by atoms with van der Waals surface area (Å²) in [4.78, 5) is 13.7. The Hall–Kier alpha value is -2.88. The minimum absolute atomic E-state index is 0.103. The van der Waals surface area contributed by atoms with E-state index in [-0.39, 0.29) is 5.91 Å². The maximum Gasteiger partial charge on any atom is 0.254 e. The lowest BCUT2D eigenvalue weighted by Gasteiger charge is -2.04. The molecule has 4 heteroatoms. The van der Waals surface area contributed by atoms with Gasteiger partial charge in [0, 0.05) is 30.9 Å². The minimum Gasteiger partial charge on any atom is -0.337 e. The van der Waals surface area contributed by atoms with Gasteiger partial charge in [0.1, 0.15) is 0 Å². The average molecular weight is 303 g/mol. The molecular weight excluding hydrogens is 286 g/mol. The molecule has 0 saturated heterocycles. The predicted molar refractivity (Wildman–Crippen MR) is 89.0 cm³/mol. The maximum atomic E-state index is 12.0. The second-order valence-electron chi connectivity index (χ2n) is 5.95. The normalized spacial score (nSPS) is 13.4. The van der Waals surface area contributed by atoms with Crippen LogP contribution in [0.3, 0.4) is 0 Å². The molecule has 2 aromatic carbocycles. The van der Waals surface area contributed by atoms with E-state index in [9.17, 15) is 4.79 Å². The lowest BCUT2D eigenvalue weighted by Crippen LogP contribution is -2.17. The van der Waals surface area contributed by atoms with Crippen LogP contribution in [0.4, 0.5) is 0 Å². The van der Waals surface area contributed by atoms with E-state index >= 15 is 0 Å². The van der Waals surface area contributed by atoms with Gasteiger partial charge in [0.05, 0.1) is 12.7 Å². The smallest absolute Gasteiger partial charge is 0.254 e. The molecule has 0 N–H and O–H groups in total. The molecule has 2 heterocycles. The number of fused-ring (bicyclic) bond motifs is 1. The fourth-order valence-corrected chi connectivity index (χ4v) is 3.02. The second kappa shape index (κ2) is 5.39. The van der Waals surface area contributed by atoms with Crippen molar-refractivity contribution in [1.29, 1.82) is 0 Å². The van der Waals surface area contributed by atoms with Gasteiger partial charge < -0.3 is 4.90 Å². The van der Waals surface area contributed by atoms with Crippen molar-refractivity contribution in [3.05, 3.63) is 77.6 Å². The number of hydrogen-bond acceptors (Lipinski definition) is 2. The van der Waals surface area contributed by atoms with Crippen LogP contribution in [0.15, 0.2) is 60.9 Å². The summed E-state index contributed by atoms with van der Waals surface area (Å²) >= 11 is 0. The first-order valence-corrected chi connectivity index (χ1v) is 7.66. The summed E-state index contributed by atoms with van der Waals surface area (Å²) < 4.78 is 1.94. The number of hydrogen-bond donors (Lipinski definition) is 0. The molecule has 0 radical (unpaired) electrons. The Bertz CT molecular complexity index is 867. The molecule has 1 aliphatic rings. The predicted octanol–water partition coefficient (Wildman–Crippen LogP) is 3.18. The zero-order valence-electron chi connectivity index (χ0n) is 12.9. The highest BCUT2D eigenvalue weighted by molar-refractivity contribution is 5.98.